The zero-order chi connectivity index (χ0) is 25.5. The summed E-state index contributed by atoms with van der Waals surface area (Å²) < 4.78 is 0. The van der Waals surface area contributed by atoms with Crippen LogP contribution in [0, 0.1) is 0 Å². The SMILES string of the molecule is Oc1ccc(-c2c(-c3ccccc3)ccc3c2Cc2cc(-c4ccccc4)ccc2-3)cc1-c1ccccc1. The van der Waals surface area contributed by atoms with E-state index in [1.54, 1.807) is 0 Å². The number of phenolic OH excluding ortho intramolecular Hbond substituents is 1. The average molecular weight is 487 g/mol. The van der Waals surface area contributed by atoms with Gasteiger partial charge in [0.05, 0.1) is 0 Å². The summed E-state index contributed by atoms with van der Waals surface area (Å²) in [6.45, 7) is 0. The largest absolute Gasteiger partial charge is 0.507 e. The van der Waals surface area contributed by atoms with E-state index in [2.05, 4.69) is 103 Å². The van der Waals surface area contributed by atoms with Gasteiger partial charge in [-0.3, -0.25) is 0 Å². The maximum atomic E-state index is 10.8. The van der Waals surface area contributed by atoms with Gasteiger partial charge < -0.3 is 5.11 Å². The summed E-state index contributed by atoms with van der Waals surface area (Å²) in [5.41, 5.74) is 14.4. The minimum Gasteiger partial charge on any atom is -0.507 e. The summed E-state index contributed by atoms with van der Waals surface area (Å²) in [7, 11) is 0. The summed E-state index contributed by atoms with van der Waals surface area (Å²) in [5, 5.41) is 10.8. The molecule has 1 heteroatoms. The molecule has 0 amide bonds. The number of fused-ring (bicyclic) bond motifs is 3. The smallest absolute Gasteiger partial charge is 0.123 e. The molecule has 0 saturated heterocycles. The van der Waals surface area contributed by atoms with Gasteiger partial charge in [-0.15, -0.1) is 0 Å². The summed E-state index contributed by atoms with van der Waals surface area (Å²) in [6.07, 6.45) is 0.878. The van der Waals surface area contributed by atoms with Crippen LogP contribution in [0.3, 0.4) is 0 Å². The van der Waals surface area contributed by atoms with Gasteiger partial charge in [0, 0.05) is 5.56 Å². The molecule has 6 aromatic carbocycles. The van der Waals surface area contributed by atoms with Crippen molar-refractivity contribution in [2.24, 2.45) is 0 Å². The first-order chi connectivity index (χ1) is 18.8. The van der Waals surface area contributed by atoms with Crippen molar-refractivity contribution in [3.8, 4) is 61.4 Å². The molecule has 0 aromatic heterocycles. The number of hydrogen-bond donors (Lipinski definition) is 1. The van der Waals surface area contributed by atoms with Crippen LogP contribution >= 0.6 is 0 Å². The second-order valence-electron chi connectivity index (χ2n) is 9.89. The highest BCUT2D eigenvalue weighted by Crippen LogP contribution is 2.47. The molecule has 1 aliphatic rings. The van der Waals surface area contributed by atoms with E-state index in [1.165, 1.54) is 50.1 Å². The van der Waals surface area contributed by atoms with Crippen molar-refractivity contribution in [3.63, 3.8) is 0 Å². The summed E-state index contributed by atoms with van der Waals surface area (Å²) >= 11 is 0. The molecule has 7 rings (SSSR count). The maximum Gasteiger partial charge on any atom is 0.123 e. The quantitative estimate of drug-likeness (QED) is 0.263. The van der Waals surface area contributed by atoms with Crippen LogP contribution in [-0.4, -0.2) is 5.11 Å². The minimum atomic E-state index is 0.296. The Morgan fingerprint density at radius 2 is 0.947 bits per heavy atom. The van der Waals surface area contributed by atoms with Crippen molar-refractivity contribution in [1.29, 1.82) is 0 Å². The van der Waals surface area contributed by atoms with Crippen molar-refractivity contribution in [1.82, 2.24) is 0 Å². The van der Waals surface area contributed by atoms with E-state index in [9.17, 15) is 5.11 Å². The summed E-state index contributed by atoms with van der Waals surface area (Å²) in [5.74, 6) is 0.296. The molecule has 1 nitrogen and oxygen atoms in total. The molecule has 0 atom stereocenters. The molecule has 0 spiro atoms. The van der Waals surface area contributed by atoms with Crippen LogP contribution in [0.2, 0.25) is 0 Å². The highest BCUT2D eigenvalue weighted by Gasteiger charge is 2.25. The van der Waals surface area contributed by atoms with Crippen LogP contribution in [0.25, 0.3) is 55.6 Å². The minimum absolute atomic E-state index is 0.296. The number of phenols is 1. The zero-order valence-corrected chi connectivity index (χ0v) is 20.9. The molecule has 1 aliphatic carbocycles. The Morgan fingerprint density at radius 1 is 0.395 bits per heavy atom. The van der Waals surface area contributed by atoms with E-state index >= 15 is 0 Å². The first-order valence-corrected chi connectivity index (χ1v) is 13.0. The Balaban J connectivity index is 1.43. The molecule has 0 fully saturated rings. The Hall–Kier alpha value is -4.88. The molecule has 0 aliphatic heterocycles. The molecular formula is C37H26O. The molecule has 180 valence electrons. The number of aromatic hydroxyl groups is 1. The van der Waals surface area contributed by atoms with Gasteiger partial charge in [0.2, 0.25) is 0 Å². The van der Waals surface area contributed by atoms with Gasteiger partial charge in [0.1, 0.15) is 5.75 Å². The first kappa shape index (κ1) is 22.3. The van der Waals surface area contributed by atoms with Crippen LogP contribution in [0.1, 0.15) is 11.1 Å². The normalized spacial score (nSPS) is 11.7. The van der Waals surface area contributed by atoms with Crippen LogP contribution in [0.4, 0.5) is 0 Å². The number of hydrogen-bond acceptors (Lipinski definition) is 1. The Morgan fingerprint density at radius 3 is 1.63 bits per heavy atom. The van der Waals surface area contributed by atoms with Gasteiger partial charge in [0.15, 0.2) is 0 Å². The van der Waals surface area contributed by atoms with Crippen molar-refractivity contribution in [2.75, 3.05) is 0 Å². The monoisotopic (exact) mass is 486 g/mol. The van der Waals surface area contributed by atoms with Crippen molar-refractivity contribution in [2.45, 2.75) is 6.42 Å². The van der Waals surface area contributed by atoms with Gasteiger partial charge in [-0.1, -0.05) is 127 Å². The third-order valence-electron chi connectivity index (χ3n) is 7.64. The third-order valence-corrected chi connectivity index (χ3v) is 7.64. The first-order valence-electron chi connectivity index (χ1n) is 13.0. The van der Waals surface area contributed by atoms with Crippen LogP contribution < -0.4 is 0 Å². The molecule has 0 heterocycles. The van der Waals surface area contributed by atoms with Crippen molar-refractivity contribution in [3.05, 3.63) is 151 Å². The molecule has 6 aromatic rings. The van der Waals surface area contributed by atoms with E-state index < -0.39 is 0 Å². The Bertz CT molecular complexity index is 1770. The predicted molar refractivity (Wildman–Crippen MR) is 158 cm³/mol. The fourth-order valence-electron chi connectivity index (χ4n) is 5.82. The second-order valence-corrected chi connectivity index (χ2v) is 9.89. The standard InChI is InChI=1S/C37H26O/c38-36-21-17-29(23-34(36)27-14-8-3-9-15-27)37-32(26-12-6-2-7-13-26)19-20-33-31-18-16-28(22-30(31)24-35(33)37)25-10-4-1-5-11-25/h1-23,38H,24H2. The van der Waals surface area contributed by atoms with Crippen molar-refractivity contribution >= 4 is 0 Å². The second kappa shape index (κ2) is 9.21. The molecule has 1 N–H and O–H groups in total. The third kappa shape index (κ3) is 3.81. The number of rotatable bonds is 4. The Labute approximate surface area is 223 Å². The van der Waals surface area contributed by atoms with E-state index in [-0.39, 0.29) is 0 Å². The molecule has 0 radical (unpaired) electrons. The highest BCUT2D eigenvalue weighted by atomic mass is 16.3. The molecule has 38 heavy (non-hydrogen) atoms. The van der Waals surface area contributed by atoms with Crippen LogP contribution in [0.5, 0.6) is 5.75 Å². The molecule has 0 saturated carbocycles. The summed E-state index contributed by atoms with van der Waals surface area (Å²) in [6, 6.07) is 48.8. The number of benzene rings is 6. The highest BCUT2D eigenvalue weighted by molar-refractivity contribution is 5.95. The van der Waals surface area contributed by atoms with Crippen LogP contribution in [-0.2, 0) is 6.42 Å². The predicted octanol–water partition coefficient (Wildman–Crippen LogP) is 9.63. The van der Waals surface area contributed by atoms with Gasteiger partial charge in [-0.25, -0.2) is 0 Å². The molecular weight excluding hydrogens is 460 g/mol. The fourth-order valence-corrected chi connectivity index (χ4v) is 5.82. The van der Waals surface area contributed by atoms with E-state index in [4.69, 9.17) is 0 Å². The van der Waals surface area contributed by atoms with Crippen molar-refractivity contribution < 1.29 is 5.11 Å². The van der Waals surface area contributed by atoms with E-state index in [1.807, 2.05) is 36.4 Å². The van der Waals surface area contributed by atoms with E-state index in [0.29, 0.717) is 5.75 Å². The lowest BCUT2D eigenvalue weighted by molar-refractivity contribution is 0.477. The lowest BCUT2D eigenvalue weighted by Crippen LogP contribution is -1.94. The molecule has 0 unspecified atom stereocenters. The van der Waals surface area contributed by atoms with Gasteiger partial charge in [0.25, 0.3) is 0 Å². The maximum absolute atomic E-state index is 10.8. The summed E-state index contributed by atoms with van der Waals surface area (Å²) in [4.78, 5) is 0. The van der Waals surface area contributed by atoms with Gasteiger partial charge >= 0.3 is 0 Å². The fraction of sp³-hybridized carbons (Fsp3) is 0.0270. The Kier molecular flexibility index (Phi) is 5.41. The van der Waals surface area contributed by atoms with Gasteiger partial charge in [-0.05, 0) is 79.8 Å². The topological polar surface area (TPSA) is 20.2 Å². The van der Waals surface area contributed by atoms with E-state index in [0.717, 1.165) is 23.1 Å². The average Bonchev–Trinajstić information content (AvgIpc) is 3.36. The lowest BCUT2D eigenvalue weighted by atomic mass is 9.86. The molecule has 0 bridgehead atoms. The zero-order valence-electron chi connectivity index (χ0n) is 20.9. The van der Waals surface area contributed by atoms with Crippen LogP contribution in [0.15, 0.2) is 140 Å². The van der Waals surface area contributed by atoms with Gasteiger partial charge in [-0.2, -0.15) is 0 Å². The lowest BCUT2D eigenvalue weighted by Gasteiger charge is -2.17.